The summed E-state index contributed by atoms with van der Waals surface area (Å²) in [6.07, 6.45) is 0. The Hall–Kier alpha value is -1.54. The van der Waals surface area contributed by atoms with Crippen LogP contribution in [0, 0.1) is 18.3 Å². The molecule has 0 fully saturated rings. The van der Waals surface area contributed by atoms with E-state index in [1.54, 1.807) is 21.0 Å². The van der Waals surface area contributed by atoms with E-state index in [-0.39, 0.29) is 5.91 Å². The molecule has 0 aliphatic heterocycles. The minimum Gasteiger partial charge on any atom is -0.389 e. The van der Waals surface area contributed by atoms with Crippen LogP contribution < -0.4 is 5.73 Å². The van der Waals surface area contributed by atoms with E-state index in [0.29, 0.717) is 21.0 Å². The van der Waals surface area contributed by atoms with Gasteiger partial charge in [-0.3, -0.25) is 4.79 Å². The molecule has 0 aliphatic carbocycles. The van der Waals surface area contributed by atoms with Crippen molar-refractivity contribution in [3.05, 3.63) is 16.0 Å². The summed E-state index contributed by atoms with van der Waals surface area (Å²) in [7, 11) is 3.34. The van der Waals surface area contributed by atoms with E-state index in [9.17, 15) is 4.79 Å². The number of anilines is 1. The van der Waals surface area contributed by atoms with Crippen LogP contribution in [0.2, 0.25) is 0 Å². The molecule has 0 spiro atoms. The van der Waals surface area contributed by atoms with Gasteiger partial charge in [0.05, 0.1) is 10.4 Å². The van der Waals surface area contributed by atoms with Gasteiger partial charge in [-0.15, -0.1) is 11.3 Å². The number of amides is 1. The van der Waals surface area contributed by atoms with Crippen molar-refractivity contribution in [3.63, 3.8) is 0 Å². The van der Waals surface area contributed by atoms with Gasteiger partial charge in [0.1, 0.15) is 11.1 Å². The van der Waals surface area contributed by atoms with Gasteiger partial charge in [-0.05, 0) is 12.5 Å². The molecule has 74 valence electrons. The van der Waals surface area contributed by atoms with Gasteiger partial charge in [-0.25, -0.2) is 0 Å². The summed E-state index contributed by atoms with van der Waals surface area (Å²) < 4.78 is 0. The maximum Gasteiger partial charge on any atom is 0.263 e. The molecule has 2 N–H and O–H groups in total. The number of carbonyl (C=O) groups excluding carboxylic acids is 1. The molecule has 0 bridgehead atoms. The largest absolute Gasteiger partial charge is 0.389 e. The topological polar surface area (TPSA) is 70.1 Å². The maximum atomic E-state index is 11.6. The van der Waals surface area contributed by atoms with E-state index in [2.05, 4.69) is 0 Å². The Morgan fingerprint density at radius 3 is 2.50 bits per heavy atom. The van der Waals surface area contributed by atoms with Gasteiger partial charge in [-0.1, -0.05) is 0 Å². The van der Waals surface area contributed by atoms with E-state index < -0.39 is 0 Å². The number of rotatable bonds is 1. The Kier molecular flexibility index (Phi) is 2.77. The Morgan fingerprint density at radius 2 is 2.14 bits per heavy atom. The third kappa shape index (κ3) is 1.56. The molecule has 0 radical (unpaired) electrons. The molecule has 0 saturated heterocycles. The van der Waals surface area contributed by atoms with Crippen LogP contribution in [-0.2, 0) is 0 Å². The van der Waals surface area contributed by atoms with Crippen molar-refractivity contribution in [2.24, 2.45) is 0 Å². The van der Waals surface area contributed by atoms with Crippen LogP contribution in [0.5, 0.6) is 0 Å². The molecule has 1 amide bonds. The molecule has 1 aromatic rings. The molecule has 1 rings (SSSR count). The van der Waals surface area contributed by atoms with Crippen molar-refractivity contribution in [2.45, 2.75) is 6.92 Å². The first-order valence-electron chi connectivity index (χ1n) is 3.99. The van der Waals surface area contributed by atoms with Gasteiger partial charge in [0, 0.05) is 14.1 Å². The first-order chi connectivity index (χ1) is 6.49. The Morgan fingerprint density at radius 1 is 1.57 bits per heavy atom. The highest BCUT2D eigenvalue weighted by atomic mass is 32.1. The zero-order valence-electron chi connectivity index (χ0n) is 8.29. The number of nitriles is 1. The number of nitrogens with zero attached hydrogens (tertiary/aromatic N) is 2. The van der Waals surface area contributed by atoms with Gasteiger partial charge in [0.2, 0.25) is 0 Å². The second-order valence-electron chi connectivity index (χ2n) is 3.11. The summed E-state index contributed by atoms with van der Waals surface area (Å²) in [5.41, 5.74) is 6.71. The van der Waals surface area contributed by atoms with Crippen LogP contribution in [0.1, 0.15) is 20.8 Å². The first kappa shape index (κ1) is 10.5. The SMILES string of the molecule is Cc1c(C(=O)N(C)C)sc(N)c1C#N. The van der Waals surface area contributed by atoms with Crippen LogP contribution in [0.3, 0.4) is 0 Å². The van der Waals surface area contributed by atoms with E-state index in [0.717, 1.165) is 0 Å². The number of thiophene rings is 1. The van der Waals surface area contributed by atoms with Crippen molar-refractivity contribution in [1.29, 1.82) is 5.26 Å². The summed E-state index contributed by atoms with van der Waals surface area (Å²) in [6.45, 7) is 1.74. The van der Waals surface area contributed by atoms with Gasteiger partial charge in [0.15, 0.2) is 0 Å². The van der Waals surface area contributed by atoms with Crippen LogP contribution in [-0.4, -0.2) is 24.9 Å². The highest BCUT2D eigenvalue weighted by Gasteiger charge is 2.19. The molecule has 0 atom stereocenters. The summed E-state index contributed by atoms with van der Waals surface area (Å²) in [6, 6.07) is 1.99. The van der Waals surface area contributed by atoms with Gasteiger partial charge in [-0.2, -0.15) is 5.26 Å². The van der Waals surface area contributed by atoms with Crippen LogP contribution in [0.25, 0.3) is 0 Å². The summed E-state index contributed by atoms with van der Waals surface area (Å²) in [4.78, 5) is 13.6. The van der Waals surface area contributed by atoms with Crippen molar-refractivity contribution < 1.29 is 4.79 Å². The summed E-state index contributed by atoms with van der Waals surface area (Å²) in [5.74, 6) is -0.110. The molecule has 4 nitrogen and oxygen atoms in total. The Bertz CT molecular complexity index is 414. The van der Waals surface area contributed by atoms with Crippen molar-refractivity contribution in [2.75, 3.05) is 19.8 Å². The second kappa shape index (κ2) is 3.68. The molecule has 0 unspecified atom stereocenters. The molecule has 1 aromatic heterocycles. The first-order valence-corrected chi connectivity index (χ1v) is 4.81. The number of carbonyl (C=O) groups is 1. The van der Waals surface area contributed by atoms with Crippen molar-refractivity contribution in [3.8, 4) is 6.07 Å². The predicted molar refractivity (Wildman–Crippen MR) is 56.2 cm³/mol. The Labute approximate surface area is 86.6 Å². The molecule has 0 saturated carbocycles. The fourth-order valence-corrected chi connectivity index (χ4v) is 2.13. The van der Waals surface area contributed by atoms with Gasteiger partial charge >= 0.3 is 0 Å². The average Bonchev–Trinajstić information content (AvgIpc) is 2.40. The van der Waals surface area contributed by atoms with Crippen LogP contribution >= 0.6 is 11.3 Å². The van der Waals surface area contributed by atoms with E-state index in [4.69, 9.17) is 11.0 Å². The molecular formula is C9H11N3OS. The fraction of sp³-hybridized carbons (Fsp3) is 0.333. The predicted octanol–water partition coefficient (Wildman–Crippen LogP) is 1.21. The van der Waals surface area contributed by atoms with E-state index in [1.807, 2.05) is 6.07 Å². The lowest BCUT2D eigenvalue weighted by atomic mass is 10.1. The molecular weight excluding hydrogens is 198 g/mol. The summed E-state index contributed by atoms with van der Waals surface area (Å²) >= 11 is 1.17. The smallest absolute Gasteiger partial charge is 0.263 e. The van der Waals surface area contributed by atoms with Crippen molar-refractivity contribution >= 4 is 22.2 Å². The zero-order chi connectivity index (χ0) is 10.9. The average molecular weight is 209 g/mol. The summed E-state index contributed by atoms with van der Waals surface area (Å²) in [5, 5.41) is 9.20. The highest BCUT2D eigenvalue weighted by Crippen LogP contribution is 2.30. The second-order valence-corrected chi connectivity index (χ2v) is 4.16. The molecule has 1 heterocycles. The van der Waals surface area contributed by atoms with Gasteiger partial charge in [0.25, 0.3) is 5.91 Å². The fourth-order valence-electron chi connectivity index (χ4n) is 1.08. The van der Waals surface area contributed by atoms with Gasteiger partial charge < -0.3 is 10.6 Å². The lowest BCUT2D eigenvalue weighted by molar-refractivity contribution is 0.0831. The minimum absolute atomic E-state index is 0.110. The number of hydrogen-bond acceptors (Lipinski definition) is 4. The zero-order valence-corrected chi connectivity index (χ0v) is 9.10. The van der Waals surface area contributed by atoms with Crippen molar-refractivity contribution in [1.82, 2.24) is 4.90 Å². The minimum atomic E-state index is -0.110. The third-order valence-electron chi connectivity index (χ3n) is 1.89. The maximum absolute atomic E-state index is 11.6. The molecule has 0 aliphatic rings. The van der Waals surface area contributed by atoms with E-state index >= 15 is 0 Å². The number of nitrogens with two attached hydrogens (primary N) is 1. The Balaban J connectivity index is 3.26. The molecule has 14 heavy (non-hydrogen) atoms. The quantitative estimate of drug-likeness (QED) is 0.755. The lowest BCUT2D eigenvalue weighted by Crippen LogP contribution is -2.21. The molecule has 5 heteroatoms. The number of hydrogen-bond donors (Lipinski definition) is 1. The monoisotopic (exact) mass is 209 g/mol. The third-order valence-corrected chi connectivity index (χ3v) is 3.00. The van der Waals surface area contributed by atoms with Crippen LogP contribution in [0.15, 0.2) is 0 Å². The highest BCUT2D eigenvalue weighted by molar-refractivity contribution is 7.18. The normalized spacial score (nSPS) is 9.57. The number of nitrogen functional groups attached to an aromatic ring is 1. The lowest BCUT2D eigenvalue weighted by Gasteiger charge is -2.08. The van der Waals surface area contributed by atoms with Crippen LogP contribution in [0.4, 0.5) is 5.00 Å². The van der Waals surface area contributed by atoms with E-state index in [1.165, 1.54) is 16.2 Å². The molecule has 0 aromatic carbocycles. The standard InChI is InChI=1S/C9H11N3OS/c1-5-6(4-10)8(11)14-7(5)9(13)12(2)3/h11H2,1-3H3.